The first-order valence-electron chi connectivity index (χ1n) is 6.76. The Labute approximate surface area is 105 Å². The van der Waals surface area contributed by atoms with Gasteiger partial charge in [0.05, 0.1) is 6.10 Å². The predicted octanol–water partition coefficient (Wildman–Crippen LogP) is 3.75. The highest BCUT2D eigenvalue weighted by Crippen LogP contribution is 2.17. The number of nitrogens with one attached hydrogen (secondary N) is 1. The largest absolute Gasteiger partial charge is 0.490 e. The van der Waals surface area contributed by atoms with Crippen LogP contribution in [0.2, 0.25) is 0 Å². The Morgan fingerprint density at radius 1 is 1.18 bits per heavy atom. The molecule has 0 aliphatic heterocycles. The lowest BCUT2D eigenvalue weighted by Crippen LogP contribution is -2.15. The smallest absolute Gasteiger partial charge is 0.120 e. The van der Waals surface area contributed by atoms with Gasteiger partial charge in [-0.05, 0) is 43.5 Å². The molecule has 0 bridgehead atoms. The molecule has 96 valence electrons. The summed E-state index contributed by atoms with van der Waals surface area (Å²) in [6.07, 6.45) is 3.64. The van der Waals surface area contributed by atoms with Crippen molar-refractivity contribution in [3.63, 3.8) is 0 Å². The molecular formula is C15H25NO. The van der Waals surface area contributed by atoms with E-state index < -0.39 is 0 Å². The summed E-state index contributed by atoms with van der Waals surface area (Å²) in [5.74, 6) is 0.995. The first-order chi connectivity index (χ1) is 8.30. The van der Waals surface area contributed by atoms with Gasteiger partial charge >= 0.3 is 0 Å². The molecule has 0 saturated heterocycles. The van der Waals surface area contributed by atoms with E-state index in [9.17, 15) is 0 Å². The molecule has 17 heavy (non-hydrogen) atoms. The molecule has 0 aliphatic carbocycles. The third-order valence-electron chi connectivity index (χ3n) is 2.87. The highest BCUT2D eigenvalue weighted by atomic mass is 16.5. The van der Waals surface area contributed by atoms with Gasteiger partial charge in [-0.15, -0.1) is 0 Å². The standard InChI is InChI=1S/C15H25NO/c1-4-10-16-12-13-8-7-9-15(11-13)17-14(5-2)6-3/h7-9,11,14,16H,4-6,10,12H2,1-3H3. The van der Waals surface area contributed by atoms with E-state index in [-0.39, 0.29) is 0 Å². The van der Waals surface area contributed by atoms with Crippen LogP contribution in [0.5, 0.6) is 5.75 Å². The van der Waals surface area contributed by atoms with Crippen molar-refractivity contribution in [3.8, 4) is 5.75 Å². The van der Waals surface area contributed by atoms with Crippen LogP contribution in [0.4, 0.5) is 0 Å². The third kappa shape index (κ3) is 5.22. The summed E-state index contributed by atoms with van der Waals surface area (Å²) in [5.41, 5.74) is 1.29. The fourth-order valence-electron chi connectivity index (χ4n) is 1.79. The fraction of sp³-hybridized carbons (Fsp3) is 0.600. The fourth-order valence-corrected chi connectivity index (χ4v) is 1.79. The van der Waals surface area contributed by atoms with Crippen LogP contribution in [0.25, 0.3) is 0 Å². The Morgan fingerprint density at radius 2 is 1.94 bits per heavy atom. The number of ether oxygens (including phenoxy) is 1. The molecule has 1 aromatic carbocycles. The Morgan fingerprint density at radius 3 is 2.59 bits per heavy atom. The lowest BCUT2D eigenvalue weighted by atomic mass is 10.2. The van der Waals surface area contributed by atoms with Gasteiger partial charge in [0.25, 0.3) is 0 Å². The number of benzene rings is 1. The lowest BCUT2D eigenvalue weighted by Gasteiger charge is -2.16. The molecule has 2 heteroatoms. The number of hydrogen-bond donors (Lipinski definition) is 1. The van der Waals surface area contributed by atoms with Gasteiger partial charge in [0.1, 0.15) is 5.75 Å². The molecule has 0 atom stereocenters. The molecule has 0 radical (unpaired) electrons. The van der Waals surface area contributed by atoms with Crippen molar-refractivity contribution in [2.45, 2.75) is 52.7 Å². The average molecular weight is 235 g/mol. The third-order valence-corrected chi connectivity index (χ3v) is 2.87. The van der Waals surface area contributed by atoms with Crippen molar-refractivity contribution in [2.75, 3.05) is 6.54 Å². The molecule has 0 heterocycles. The summed E-state index contributed by atoms with van der Waals surface area (Å²) in [5, 5.41) is 3.40. The second-order valence-corrected chi connectivity index (χ2v) is 4.38. The molecule has 0 aliphatic rings. The molecule has 0 saturated carbocycles. The quantitative estimate of drug-likeness (QED) is 0.693. The molecule has 1 N–H and O–H groups in total. The van der Waals surface area contributed by atoms with Gasteiger partial charge in [-0.3, -0.25) is 0 Å². The summed E-state index contributed by atoms with van der Waals surface area (Å²) in [4.78, 5) is 0. The number of hydrogen-bond acceptors (Lipinski definition) is 2. The van der Waals surface area contributed by atoms with Gasteiger partial charge in [-0.1, -0.05) is 32.9 Å². The van der Waals surface area contributed by atoms with E-state index in [1.54, 1.807) is 0 Å². The van der Waals surface area contributed by atoms with Gasteiger partial charge < -0.3 is 10.1 Å². The number of rotatable bonds is 8. The van der Waals surface area contributed by atoms with Crippen molar-refractivity contribution in [3.05, 3.63) is 29.8 Å². The summed E-state index contributed by atoms with van der Waals surface area (Å²) >= 11 is 0. The Kier molecular flexibility index (Phi) is 6.71. The molecule has 1 rings (SSSR count). The monoisotopic (exact) mass is 235 g/mol. The minimum Gasteiger partial charge on any atom is -0.490 e. The molecule has 0 aromatic heterocycles. The normalized spacial score (nSPS) is 10.8. The van der Waals surface area contributed by atoms with Crippen molar-refractivity contribution in [1.82, 2.24) is 5.32 Å². The van der Waals surface area contributed by atoms with Crippen molar-refractivity contribution < 1.29 is 4.74 Å². The first kappa shape index (κ1) is 14.0. The summed E-state index contributed by atoms with van der Waals surface area (Å²) in [6, 6.07) is 8.39. The minimum absolute atomic E-state index is 0.342. The van der Waals surface area contributed by atoms with Crippen LogP contribution < -0.4 is 10.1 Å². The van der Waals surface area contributed by atoms with E-state index in [1.807, 2.05) is 6.07 Å². The van der Waals surface area contributed by atoms with Gasteiger partial charge in [0.15, 0.2) is 0 Å². The second-order valence-electron chi connectivity index (χ2n) is 4.38. The Bertz CT molecular complexity index is 308. The van der Waals surface area contributed by atoms with E-state index >= 15 is 0 Å². The van der Waals surface area contributed by atoms with Crippen molar-refractivity contribution >= 4 is 0 Å². The Balaban J connectivity index is 2.52. The van der Waals surface area contributed by atoms with Crippen LogP contribution in [0.1, 0.15) is 45.6 Å². The highest BCUT2D eigenvalue weighted by Gasteiger charge is 2.05. The lowest BCUT2D eigenvalue weighted by molar-refractivity contribution is 0.192. The predicted molar refractivity (Wildman–Crippen MR) is 73.4 cm³/mol. The molecule has 1 aromatic rings. The van der Waals surface area contributed by atoms with Crippen LogP contribution in [-0.4, -0.2) is 12.6 Å². The highest BCUT2D eigenvalue weighted by molar-refractivity contribution is 5.28. The van der Waals surface area contributed by atoms with Gasteiger partial charge in [0.2, 0.25) is 0 Å². The zero-order chi connectivity index (χ0) is 12.5. The molecular weight excluding hydrogens is 210 g/mol. The average Bonchev–Trinajstić information content (AvgIpc) is 2.37. The second kappa shape index (κ2) is 8.13. The topological polar surface area (TPSA) is 21.3 Å². The van der Waals surface area contributed by atoms with E-state index in [1.165, 1.54) is 12.0 Å². The maximum Gasteiger partial charge on any atom is 0.120 e. The molecule has 0 spiro atoms. The maximum atomic E-state index is 5.93. The first-order valence-corrected chi connectivity index (χ1v) is 6.76. The minimum atomic E-state index is 0.342. The van der Waals surface area contributed by atoms with Crippen LogP contribution in [-0.2, 0) is 6.54 Å². The summed E-state index contributed by atoms with van der Waals surface area (Å²) in [7, 11) is 0. The maximum absolute atomic E-state index is 5.93. The van der Waals surface area contributed by atoms with Gasteiger partial charge in [-0.25, -0.2) is 0 Å². The van der Waals surface area contributed by atoms with Gasteiger partial charge in [-0.2, -0.15) is 0 Å². The Hall–Kier alpha value is -1.02. The molecule has 0 unspecified atom stereocenters. The van der Waals surface area contributed by atoms with E-state index in [4.69, 9.17) is 4.74 Å². The van der Waals surface area contributed by atoms with E-state index in [0.29, 0.717) is 6.10 Å². The van der Waals surface area contributed by atoms with Crippen LogP contribution in [0.3, 0.4) is 0 Å². The van der Waals surface area contributed by atoms with Crippen molar-refractivity contribution in [2.24, 2.45) is 0 Å². The van der Waals surface area contributed by atoms with Crippen LogP contribution >= 0.6 is 0 Å². The summed E-state index contributed by atoms with van der Waals surface area (Å²) < 4.78 is 5.93. The molecule has 0 amide bonds. The summed E-state index contributed by atoms with van der Waals surface area (Å²) in [6.45, 7) is 8.51. The van der Waals surface area contributed by atoms with E-state index in [0.717, 1.165) is 31.7 Å². The zero-order valence-corrected chi connectivity index (χ0v) is 11.3. The molecule has 2 nitrogen and oxygen atoms in total. The molecule has 0 fully saturated rings. The van der Waals surface area contributed by atoms with Crippen LogP contribution in [0.15, 0.2) is 24.3 Å². The van der Waals surface area contributed by atoms with Gasteiger partial charge in [0, 0.05) is 6.54 Å². The zero-order valence-electron chi connectivity index (χ0n) is 11.3. The SMILES string of the molecule is CCCNCc1cccc(OC(CC)CC)c1. The van der Waals surface area contributed by atoms with E-state index in [2.05, 4.69) is 44.3 Å². The van der Waals surface area contributed by atoms with Crippen molar-refractivity contribution in [1.29, 1.82) is 0 Å². The van der Waals surface area contributed by atoms with Crippen LogP contribution in [0, 0.1) is 0 Å².